The molecule has 1 amide bonds. The number of hydrogen-bond acceptors (Lipinski definition) is 5. The highest BCUT2D eigenvalue weighted by atomic mass is 32.1. The quantitative estimate of drug-likeness (QED) is 0.790. The number of likely N-dealkylation sites (N-methyl/N-ethyl adjacent to an activating group) is 1. The van der Waals surface area contributed by atoms with Crippen molar-refractivity contribution in [3.63, 3.8) is 0 Å². The van der Waals surface area contributed by atoms with Crippen molar-refractivity contribution in [3.05, 3.63) is 27.1 Å². The van der Waals surface area contributed by atoms with Crippen LogP contribution in [0.4, 0.5) is 0 Å². The molecule has 2 rings (SSSR count). The highest BCUT2D eigenvalue weighted by Gasteiger charge is 2.20. The number of hydrogen-bond donors (Lipinski definition) is 2. The van der Waals surface area contributed by atoms with E-state index in [1.54, 1.807) is 6.92 Å². The summed E-state index contributed by atoms with van der Waals surface area (Å²) in [4.78, 5) is 30.0. The maximum atomic E-state index is 12.1. The molecule has 0 radical (unpaired) electrons. The average molecular weight is 338 g/mol. The molecule has 0 fully saturated rings. The summed E-state index contributed by atoms with van der Waals surface area (Å²) in [7, 11) is 0. The Bertz CT molecular complexity index is 759. The van der Waals surface area contributed by atoms with Gasteiger partial charge in [-0.05, 0) is 34.6 Å². The van der Waals surface area contributed by atoms with Crippen molar-refractivity contribution in [1.82, 2.24) is 19.9 Å². The van der Waals surface area contributed by atoms with Crippen LogP contribution < -0.4 is 15.8 Å². The van der Waals surface area contributed by atoms with Crippen LogP contribution in [-0.4, -0.2) is 39.1 Å². The molecule has 126 valence electrons. The second-order valence-electron chi connectivity index (χ2n) is 6.68. The van der Waals surface area contributed by atoms with Gasteiger partial charge in [0.2, 0.25) is 4.96 Å². The molecule has 2 N–H and O–H groups in total. The summed E-state index contributed by atoms with van der Waals surface area (Å²) >= 11 is 1.40. The minimum Gasteiger partial charge on any atom is -0.347 e. The Kier molecular flexibility index (Phi) is 5.16. The van der Waals surface area contributed by atoms with Crippen LogP contribution in [-0.2, 0) is 11.3 Å². The molecule has 8 heteroatoms. The Balaban J connectivity index is 2.11. The third-order valence-electron chi connectivity index (χ3n) is 3.24. The molecule has 1 atom stereocenters. The first-order valence-corrected chi connectivity index (χ1v) is 8.50. The molecule has 0 aliphatic rings. The van der Waals surface area contributed by atoms with Gasteiger partial charge < -0.3 is 10.2 Å². The van der Waals surface area contributed by atoms with Gasteiger partial charge in [-0.25, -0.2) is 4.98 Å². The van der Waals surface area contributed by atoms with E-state index in [9.17, 15) is 9.59 Å². The highest BCUT2D eigenvalue weighted by Crippen LogP contribution is 2.10. The van der Waals surface area contributed by atoms with E-state index in [0.717, 1.165) is 16.5 Å². The van der Waals surface area contributed by atoms with E-state index < -0.39 is 0 Å². The first-order valence-electron chi connectivity index (χ1n) is 7.69. The number of quaternary nitrogens is 1. The van der Waals surface area contributed by atoms with Gasteiger partial charge in [0, 0.05) is 17.3 Å². The van der Waals surface area contributed by atoms with Crippen LogP contribution in [0.15, 0.2) is 10.9 Å². The lowest BCUT2D eigenvalue weighted by atomic mass is 10.1. The Morgan fingerprint density at radius 3 is 2.74 bits per heavy atom. The van der Waals surface area contributed by atoms with Crippen LogP contribution in [0.25, 0.3) is 4.96 Å². The zero-order valence-electron chi connectivity index (χ0n) is 14.3. The Hall–Kier alpha value is -1.80. The van der Waals surface area contributed by atoms with Gasteiger partial charge >= 0.3 is 0 Å². The summed E-state index contributed by atoms with van der Waals surface area (Å²) in [6.07, 6.45) is 0. The van der Waals surface area contributed by atoms with E-state index >= 15 is 0 Å². The largest absolute Gasteiger partial charge is 0.347 e. The number of nitrogens with zero attached hydrogens (tertiary/aromatic N) is 3. The molecule has 0 aliphatic heterocycles. The molecule has 0 aliphatic carbocycles. The summed E-state index contributed by atoms with van der Waals surface area (Å²) < 4.78 is 1.33. The lowest BCUT2D eigenvalue weighted by Gasteiger charge is -2.22. The number of rotatable bonds is 5. The maximum Gasteiger partial charge on any atom is 0.275 e. The van der Waals surface area contributed by atoms with Crippen LogP contribution in [0, 0.1) is 6.92 Å². The van der Waals surface area contributed by atoms with Gasteiger partial charge in [0.1, 0.15) is 6.54 Å². The van der Waals surface area contributed by atoms with Gasteiger partial charge in [-0.3, -0.25) is 9.59 Å². The van der Waals surface area contributed by atoms with E-state index in [1.165, 1.54) is 21.9 Å². The molecule has 2 aromatic rings. The van der Waals surface area contributed by atoms with Gasteiger partial charge in [-0.1, -0.05) is 11.3 Å². The predicted molar refractivity (Wildman–Crippen MR) is 89.8 cm³/mol. The SMILES string of the molecule is CC[NH+](CC(=O)NC(C)(C)C)Cc1nn2c(=O)cc(C)nc2s1. The molecular weight excluding hydrogens is 314 g/mol. The van der Waals surface area contributed by atoms with Crippen molar-refractivity contribution in [2.45, 2.75) is 46.7 Å². The predicted octanol–water partition coefficient (Wildman–Crippen LogP) is -0.221. The fourth-order valence-corrected chi connectivity index (χ4v) is 3.26. The molecule has 2 aromatic heterocycles. The van der Waals surface area contributed by atoms with Gasteiger partial charge in [0.15, 0.2) is 11.6 Å². The zero-order valence-corrected chi connectivity index (χ0v) is 15.1. The van der Waals surface area contributed by atoms with E-state index in [2.05, 4.69) is 15.4 Å². The summed E-state index contributed by atoms with van der Waals surface area (Å²) in [5.41, 5.74) is 0.286. The Labute approximate surface area is 139 Å². The van der Waals surface area contributed by atoms with Crippen molar-refractivity contribution in [2.75, 3.05) is 13.1 Å². The van der Waals surface area contributed by atoms with Gasteiger partial charge in [-0.2, -0.15) is 9.61 Å². The normalized spacial score (nSPS) is 13.3. The standard InChI is InChI=1S/C15H23N5O2S/c1-6-19(8-11(21)17-15(3,4)5)9-12-18-20-13(22)7-10(2)16-14(20)23-12/h7H,6,8-9H2,1-5H3,(H,17,21)/p+1. The smallest absolute Gasteiger partial charge is 0.275 e. The van der Waals surface area contributed by atoms with Crippen LogP contribution >= 0.6 is 11.3 Å². The third kappa shape index (κ3) is 4.84. The second-order valence-corrected chi connectivity index (χ2v) is 7.72. The molecule has 0 saturated carbocycles. The average Bonchev–Trinajstić information content (AvgIpc) is 2.78. The highest BCUT2D eigenvalue weighted by molar-refractivity contribution is 7.16. The van der Waals surface area contributed by atoms with E-state index in [-0.39, 0.29) is 17.0 Å². The number of nitrogens with one attached hydrogen (secondary N) is 2. The molecule has 0 saturated heterocycles. The molecule has 0 bridgehead atoms. The summed E-state index contributed by atoms with van der Waals surface area (Å²) in [5, 5.41) is 8.11. The number of carbonyl (C=O) groups is 1. The van der Waals surface area contributed by atoms with Crippen molar-refractivity contribution < 1.29 is 9.69 Å². The summed E-state index contributed by atoms with van der Waals surface area (Å²) in [6, 6.07) is 1.47. The Morgan fingerprint density at radius 2 is 2.13 bits per heavy atom. The topological polar surface area (TPSA) is 80.8 Å². The van der Waals surface area contributed by atoms with Gasteiger partial charge in [-0.15, -0.1) is 0 Å². The number of aromatic nitrogens is 3. The third-order valence-corrected chi connectivity index (χ3v) is 4.15. The van der Waals surface area contributed by atoms with E-state index in [0.29, 0.717) is 23.7 Å². The van der Waals surface area contributed by atoms with Crippen molar-refractivity contribution >= 4 is 22.2 Å². The Morgan fingerprint density at radius 1 is 1.43 bits per heavy atom. The molecule has 23 heavy (non-hydrogen) atoms. The number of carbonyl (C=O) groups excluding carboxylic acids is 1. The first kappa shape index (κ1) is 17.6. The number of amides is 1. The van der Waals surface area contributed by atoms with Crippen molar-refractivity contribution in [2.24, 2.45) is 0 Å². The van der Waals surface area contributed by atoms with Crippen LogP contribution in [0.3, 0.4) is 0 Å². The summed E-state index contributed by atoms with van der Waals surface area (Å²) in [6.45, 7) is 11.5. The number of aryl methyl sites for hydroxylation is 1. The maximum absolute atomic E-state index is 12.1. The lowest BCUT2D eigenvalue weighted by Crippen LogP contribution is -3.11. The van der Waals surface area contributed by atoms with Crippen LogP contribution in [0.1, 0.15) is 38.4 Å². The minimum absolute atomic E-state index is 0.0154. The monoisotopic (exact) mass is 338 g/mol. The first-order chi connectivity index (χ1) is 10.7. The second kappa shape index (κ2) is 6.76. The molecule has 2 heterocycles. The fourth-order valence-electron chi connectivity index (χ4n) is 2.25. The van der Waals surface area contributed by atoms with Crippen LogP contribution in [0.5, 0.6) is 0 Å². The van der Waals surface area contributed by atoms with Crippen molar-refractivity contribution in [3.8, 4) is 0 Å². The molecule has 7 nitrogen and oxygen atoms in total. The number of fused-ring (bicyclic) bond motifs is 1. The summed E-state index contributed by atoms with van der Waals surface area (Å²) in [5.74, 6) is 0.0154. The van der Waals surface area contributed by atoms with Gasteiger partial charge in [0.05, 0.1) is 6.54 Å². The lowest BCUT2D eigenvalue weighted by molar-refractivity contribution is -0.904. The van der Waals surface area contributed by atoms with Crippen molar-refractivity contribution in [1.29, 1.82) is 0 Å². The molecule has 0 aromatic carbocycles. The van der Waals surface area contributed by atoms with Crippen LogP contribution in [0.2, 0.25) is 0 Å². The van der Waals surface area contributed by atoms with E-state index in [1.807, 2.05) is 27.7 Å². The minimum atomic E-state index is -0.236. The molecule has 0 spiro atoms. The van der Waals surface area contributed by atoms with Gasteiger partial charge in [0.25, 0.3) is 11.5 Å². The molecular formula is C15H24N5O2S+. The van der Waals surface area contributed by atoms with E-state index in [4.69, 9.17) is 0 Å². The fraction of sp³-hybridized carbons (Fsp3) is 0.600. The molecule has 1 unspecified atom stereocenters. The zero-order chi connectivity index (χ0) is 17.2.